The smallest absolute Gasteiger partial charge is 0.322 e. The van der Waals surface area contributed by atoms with Gasteiger partial charge in [-0.25, -0.2) is 4.79 Å². The summed E-state index contributed by atoms with van der Waals surface area (Å²) < 4.78 is 3.73. The van der Waals surface area contributed by atoms with Crippen LogP contribution < -0.4 is 5.32 Å². The van der Waals surface area contributed by atoms with Gasteiger partial charge in [0, 0.05) is 38.7 Å². The first kappa shape index (κ1) is 15.4. The molecule has 1 heterocycles. The Bertz CT molecular complexity index is 460. The molecule has 7 nitrogen and oxygen atoms in total. The number of hydrogen-bond donors (Lipinski definition) is 1. The Hall–Kier alpha value is -1.70. The minimum absolute atomic E-state index is 0.103. The van der Waals surface area contributed by atoms with Crippen molar-refractivity contribution in [1.29, 1.82) is 0 Å². The normalized spacial score (nSPS) is 11.8. The topological polar surface area (TPSA) is 78.4 Å². The fourth-order valence-corrected chi connectivity index (χ4v) is 1.81. The Morgan fingerprint density at radius 2 is 2.00 bits per heavy atom. The Morgan fingerprint density at radius 1 is 1.37 bits per heavy atom. The molecule has 0 aliphatic rings. The fourth-order valence-electron chi connectivity index (χ4n) is 1.26. The standard InChI is InChI=1S/C11H19N5O2S/c1-6-7(2)16(5)10(17)8-9(19-14-13-8)12-11(18)15(3)4/h7H,6H2,1-5H3,(H,12,18). The molecule has 0 aromatic carbocycles. The third kappa shape index (κ3) is 3.63. The van der Waals surface area contributed by atoms with Crippen LogP contribution in [-0.2, 0) is 0 Å². The molecule has 0 spiro atoms. The number of carbonyl (C=O) groups is 2. The molecule has 1 aromatic rings. The van der Waals surface area contributed by atoms with Crippen molar-refractivity contribution in [3.8, 4) is 0 Å². The van der Waals surface area contributed by atoms with E-state index in [1.165, 1.54) is 4.90 Å². The Kier molecular flexibility index (Phi) is 5.22. The number of urea groups is 1. The van der Waals surface area contributed by atoms with Gasteiger partial charge in [-0.2, -0.15) is 0 Å². The van der Waals surface area contributed by atoms with Gasteiger partial charge in [0.15, 0.2) is 10.7 Å². The van der Waals surface area contributed by atoms with Crippen molar-refractivity contribution in [2.75, 3.05) is 26.5 Å². The predicted molar refractivity (Wildman–Crippen MR) is 74.5 cm³/mol. The molecule has 0 bridgehead atoms. The maximum absolute atomic E-state index is 12.2. The van der Waals surface area contributed by atoms with Crippen molar-refractivity contribution in [2.24, 2.45) is 0 Å². The van der Waals surface area contributed by atoms with Gasteiger partial charge in [-0.1, -0.05) is 11.4 Å². The molecule has 0 aliphatic heterocycles. The lowest BCUT2D eigenvalue weighted by Gasteiger charge is -2.23. The summed E-state index contributed by atoms with van der Waals surface area (Å²) in [4.78, 5) is 26.8. The molecular formula is C11H19N5O2S. The summed E-state index contributed by atoms with van der Waals surface area (Å²) in [5, 5.41) is 6.80. The van der Waals surface area contributed by atoms with Gasteiger partial charge < -0.3 is 9.80 Å². The molecule has 8 heteroatoms. The van der Waals surface area contributed by atoms with E-state index < -0.39 is 0 Å². The van der Waals surface area contributed by atoms with Crippen LogP contribution in [0.15, 0.2) is 0 Å². The van der Waals surface area contributed by atoms with Gasteiger partial charge in [0.2, 0.25) is 0 Å². The highest BCUT2D eigenvalue weighted by atomic mass is 32.1. The highest BCUT2D eigenvalue weighted by molar-refractivity contribution is 7.10. The van der Waals surface area contributed by atoms with E-state index >= 15 is 0 Å². The predicted octanol–water partition coefficient (Wildman–Crippen LogP) is 1.50. The number of nitrogens with one attached hydrogen (secondary N) is 1. The third-order valence-corrected chi connectivity index (χ3v) is 3.53. The summed E-state index contributed by atoms with van der Waals surface area (Å²) in [5.74, 6) is -0.239. The lowest BCUT2D eigenvalue weighted by Crippen LogP contribution is -2.35. The van der Waals surface area contributed by atoms with E-state index in [2.05, 4.69) is 14.9 Å². The van der Waals surface area contributed by atoms with Crippen LogP contribution in [0.1, 0.15) is 30.8 Å². The first-order chi connectivity index (χ1) is 8.88. The van der Waals surface area contributed by atoms with Gasteiger partial charge in [-0.15, -0.1) is 5.10 Å². The Morgan fingerprint density at radius 3 is 2.53 bits per heavy atom. The average Bonchev–Trinajstić information content (AvgIpc) is 2.83. The van der Waals surface area contributed by atoms with Crippen LogP contribution in [-0.4, -0.2) is 58.5 Å². The van der Waals surface area contributed by atoms with E-state index in [-0.39, 0.29) is 23.7 Å². The number of rotatable bonds is 4. The monoisotopic (exact) mass is 285 g/mol. The van der Waals surface area contributed by atoms with E-state index in [1.807, 2.05) is 13.8 Å². The molecule has 0 saturated carbocycles. The van der Waals surface area contributed by atoms with Gasteiger partial charge in [0.25, 0.3) is 5.91 Å². The Labute approximate surface area is 116 Å². The third-order valence-electron chi connectivity index (χ3n) is 2.89. The highest BCUT2D eigenvalue weighted by Crippen LogP contribution is 2.20. The van der Waals surface area contributed by atoms with Crippen molar-refractivity contribution in [3.05, 3.63) is 5.69 Å². The maximum Gasteiger partial charge on any atom is 0.322 e. The summed E-state index contributed by atoms with van der Waals surface area (Å²) in [5.41, 5.74) is 0.183. The molecule has 1 unspecified atom stereocenters. The number of hydrogen-bond acceptors (Lipinski definition) is 5. The van der Waals surface area contributed by atoms with Crippen molar-refractivity contribution in [3.63, 3.8) is 0 Å². The molecule has 0 saturated heterocycles. The summed E-state index contributed by atoms with van der Waals surface area (Å²) in [6.45, 7) is 3.96. The lowest BCUT2D eigenvalue weighted by atomic mass is 10.2. The number of amides is 3. The second-order valence-corrected chi connectivity index (χ2v) is 5.20. The van der Waals surface area contributed by atoms with Crippen LogP contribution in [0, 0.1) is 0 Å². The van der Waals surface area contributed by atoms with Crippen LogP contribution in [0.25, 0.3) is 0 Å². The van der Waals surface area contributed by atoms with Gasteiger partial charge in [-0.3, -0.25) is 10.1 Å². The quantitative estimate of drug-likeness (QED) is 0.909. The highest BCUT2D eigenvalue weighted by Gasteiger charge is 2.24. The number of nitrogens with zero attached hydrogens (tertiary/aromatic N) is 4. The second-order valence-electron chi connectivity index (χ2n) is 4.45. The summed E-state index contributed by atoms with van der Waals surface area (Å²) in [6.07, 6.45) is 0.846. The van der Waals surface area contributed by atoms with E-state index in [0.717, 1.165) is 18.0 Å². The molecular weight excluding hydrogens is 266 g/mol. The maximum atomic E-state index is 12.2. The molecule has 1 aromatic heterocycles. The molecule has 0 radical (unpaired) electrons. The van der Waals surface area contributed by atoms with Crippen LogP contribution in [0.3, 0.4) is 0 Å². The zero-order valence-electron chi connectivity index (χ0n) is 11.8. The summed E-state index contributed by atoms with van der Waals surface area (Å²) in [6, 6.07) is -0.210. The first-order valence-electron chi connectivity index (χ1n) is 5.96. The number of carbonyl (C=O) groups excluding carboxylic acids is 2. The zero-order valence-corrected chi connectivity index (χ0v) is 12.6. The number of anilines is 1. The average molecular weight is 285 g/mol. The van der Waals surface area contributed by atoms with Crippen LogP contribution in [0.2, 0.25) is 0 Å². The second kappa shape index (κ2) is 6.46. The lowest BCUT2D eigenvalue weighted by molar-refractivity contribution is 0.0735. The van der Waals surface area contributed by atoms with Gasteiger partial charge in [0.1, 0.15) is 0 Å². The zero-order chi connectivity index (χ0) is 14.6. The van der Waals surface area contributed by atoms with Crippen LogP contribution in [0.4, 0.5) is 9.80 Å². The molecule has 1 atom stereocenters. The molecule has 0 fully saturated rings. The van der Waals surface area contributed by atoms with Crippen molar-refractivity contribution in [1.82, 2.24) is 19.4 Å². The molecule has 3 amide bonds. The molecule has 1 rings (SSSR count). The van der Waals surface area contributed by atoms with E-state index in [1.54, 1.807) is 26.0 Å². The largest absolute Gasteiger partial charge is 0.338 e. The first-order valence-corrected chi connectivity index (χ1v) is 6.73. The van der Waals surface area contributed by atoms with Gasteiger partial charge in [-0.05, 0) is 13.3 Å². The molecule has 0 aliphatic carbocycles. The van der Waals surface area contributed by atoms with Crippen LogP contribution >= 0.6 is 11.5 Å². The van der Waals surface area contributed by atoms with Crippen molar-refractivity contribution < 1.29 is 9.59 Å². The minimum Gasteiger partial charge on any atom is -0.338 e. The summed E-state index contributed by atoms with van der Waals surface area (Å²) >= 11 is 0.993. The van der Waals surface area contributed by atoms with Crippen molar-refractivity contribution >= 4 is 28.5 Å². The minimum atomic E-state index is -0.314. The van der Waals surface area contributed by atoms with Gasteiger partial charge >= 0.3 is 6.03 Å². The fraction of sp³-hybridized carbons (Fsp3) is 0.636. The van der Waals surface area contributed by atoms with Crippen molar-refractivity contribution in [2.45, 2.75) is 26.3 Å². The molecule has 1 N–H and O–H groups in total. The van der Waals surface area contributed by atoms with E-state index in [0.29, 0.717) is 5.00 Å². The van der Waals surface area contributed by atoms with E-state index in [9.17, 15) is 9.59 Å². The van der Waals surface area contributed by atoms with Crippen LogP contribution in [0.5, 0.6) is 0 Å². The Balaban J connectivity index is 2.88. The summed E-state index contributed by atoms with van der Waals surface area (Å²) in [7, 11) is 4.96. The van der Waals surface area contributed by atoms with E-state index in [4.69, 9.17) is 0 Å². The molecule has 106 valence electrons. The SMILES string of the molecule is CCC(C)N(C)C(=O)c1nnsc1NC(=O)N(C)C. The molecule has 19 heavy (non-hydrogen) atoms. The van der Waals surface area contributed by atoms with Gasteiger partial charge in [0.05, 0.1) is 0 Å². The number of aromatic nitrogens is 2.